The zero-order valence-corrected chi connectivity index (χ0v) is 17.1. The molecule has 10 heteroatoms. The van der Waals surface area contributed by atoms with Crippen LogP contribution in [0.2, 0.25) is 0 Å². The first-order valence-electron chi connectivity index (χ1n) is 8.47. The molecule has 1 heterocycles. The van der Waals surface area contributed by atoms with Crippen molar-refractivity contribution in [1.82, 2.24) is 0 Å². The van der Waals surface area contributed by atoms with Gasteiger partial charge in [0.25, 0.3) is 0 Å². The third-order valence-electron chi connectivity index (χ3n) is 3.67. The first-order chi connectivity index (χ1) is 12.4. The van der Waals surface area contributed by atoms with Crippen molar-refractivity contribution in [1.29, 1.82) is 0 Å². The van der Waals surface area contributed by atoms with Crippen molar-refractivity contribution in [2.24, 2.45) is 0 Å². The first kappa shape index (κ1) is 21.3. The van der Waals surface area contributed by atoms with E-state index in [9.17, 15) is 13.9 Å². The summed E-state index contributed by atoms with van der Waals surface area (Å²) in [6.45, 7) is 6.35. The fourth-order valence-electron chi connectivity index (χ4n) is 2.85. The Balaban J connectivity index is 2.86. The van der Waals surface area contributed by atoms with Crippen LogP contribution in [0.1, 0.15) is 43.6 Å². The second-order valence-electron chi connectivity index (χ2n) is 5.21. The largest absolute Gasteiger partial charge is 0.424 e. The lowest BCUT2D eigenvalue weighted by atomic mass is 10.1. The molecule has 146 valence electrons. The van der Waals surface area contributed by atoms with Crippen LogP contribution in [0, 0.1) is 0 Å². The molecule has 0 radical (unpaired) electrons. The number of carbonyl (C=O) groups is 1. The minimum Gasteiger partial charge on any atom is -0.424 e. The molecule has 0 saturated carbocycles. The van der Waals surface area contributed by atoms with Gasteiger partial charge in [-0.05, 0) is 33.8 Å². The number of fused-ring (bicyclic) bond motifs is 1. The van der Waals surface area contributed by atoms with Crippen LogP contribution in [0.25, 0.3) is 0 Å². The van der Waals surface area contributed by atoms with Crippen molar-refractivity contribution in [3.05, 3.63) is 35.4 Å². The van der Waals surface area contributed by atoms with Crippen LogP contribution in [0.5, 0.6) is 0 Å². The van der Waals surface area contributed by atoms with E-state index in [2.05, 4.69) is 0 Å². The lowest BCUT2D eigenvalue weighted by Gasteiger charge is -2.38. The Morgan fingerprint density at radius 3 is 1.69 bits per heavy atom. The topological polar surface area (TPSA) is 97.4 Å². The number of esters is 1. The molecule has 0 fully saturated rings. The molecule has 1 aliphatic heterocycles. The second-order valence-corrected chi connectivity index (χ2v) is 9.84. The van der Waals surface area contributed by atoms with Gasteiger partial charge in [0.1, 0.15) is 0 Å². The maximum Gasteiger partial charge on any atom is 0.391 e. The minimum atomic E-state index is -4.30. The Morgan fingerprint density at radius 1 is 0.846 bits per heavy atom. The Bertz CT molecular complexity index is 698. The van der Waals surface area contributed by atoms with Crippen molar-refractivity contribution in [3.63, 3.8) is 0 Å². The molecule has 0 aromatic heterocycles. The minimum absolute atomic E-state index is 0.0169. The molecule has 0 aliphatic carbocycles. The number of carbonyl (C=O) groups excluding carboxylic acids is 1. The highest BCUT2D eigenvalue weighted by Crippen LogP contribution is 2.84. The third kappa shape index (κ3) is 3.19. The summed E-state index contributed by atoms with van der Waals surface area (Å²) in [6, 6.07) is 6.22. The molecular formula is C16H24O8P2. The summed E-state index contributed by atoms with van der Waals surface area (Å²) in [5.74, 6) is -0.792. The van der Waals surface area contributed by atoms with E-state index in [1.54, 1.807) is 39.8 Å². The molecule has 0 unspecified atom stereocenters. The summed E-state index contributed by atoms with van der Waals surface area (Å²) in [5.41, 5.74) is 0.229. The summed E-state index contributed by atoms with van der Waals surface area (Å²) in [4.78, 5) is 12.5. The van der Waals surface area contributed by atoms with Crippen LogP contribution in [-0.4, -0.2) is 32.4 Å². The zero-order chi connectivity index (χ0) is 19.4. The van der Waals surface area contributed by atoms with Gasteiger partial charge in [0.15, 0.2) is 0 Å². The van der Waals surface area contributed by atoms with Gasteiger partial charge in [0.05, 0.1) is 32.0 Å². The molecule has 0 amide bonds. The highest BCUT2D eigenvalue weighted by molar-refractivity contribution is 7.73. The predicted octanol–water partition coefficient (Wildman–Crippen LogP) is 4.50. The fourth-order valence-corrected chi connectivity index (χ4v) is 8.32. The summed E-state index contributed by atoms with van der Waals surface area (Å²) >= 11 is 0. The van der Waals surface area contributed by atoms with Crippen LogP contribution in [-0.2, 0) is 37.0 Å². The normalized spacial score (nSPS) is 16.4. The van der Waals surface area contributed by atoms with Crippen molar-refractivity contribution in [3.8, 4) is 0 Å². The number of benzene rings is 1. The van der Waals surface area contributed by atoms with Crippen LogP contribution < -0.4 is 0 Å². The van der Waals surface area contributed by atoms with Gasteiger partial charge < -0.3 is 22.8 Å². The predicted molar refractivity (Wildman–Crippen MR) is 95.3 cm³/mol. The van der Waals surface area contributed by atoms with Gasteiger partial charge in [-0.3, -0.25) is 9.13 Å². The fraction of sp³-hybridized carbons (Fsp3) is 0.562. The Labute approximate surface area is 153 Å². The van der Waals surface area contributed by atoms with Crippen molar-refractivity contribution in [2.75, 3.05) is 26.4 Å². The highest BCUT2D eigenvalue weighted by Gasteiger charge is 2.73. The second kappa shape index (κ2) is 8.34. The van der Waals surface area contributed by atoms with E-state index in [0.29, 0.717) is 0 Å². The zero-order valence-electron chi connectivity index (χ0n) is 15.3. The maximum atomic E-state index is 13.8. The van der Waals surface area contributed by atoms with E-state index in [0.717, 1.165) is 0 Å². The molecule has 2 rings (SSSR count). The number of hydrogen-bond acceptors (Lipinski definition) is 8. The average Bonchev–Trinajstić information content (AvgIpc) is 2.91. The molecule has 0 atom stereocenters. The van der Waals surface area contributed by atoms with E-state index in [1.165, 1.54) is 12.1 Å². The molecule has 8 nitrogen and oxygen atoms in total. The van der Waals surface area contributed by atoms with Crippen molar-refractivity contribution < 1.29 is 36.8 Å². The van der Waals surface area contributed by atoms with Crippen LogP contribution >= 0.6 is 15.2 Å². The van der Waals surface area contributed by atoms with Crippen LogP contribution in [0.4, 0.5) is 0 Å². The molecular weight excluding hydrogens is 382 g/mol. The van der Waals surface area contributed by atoms with Crippen LogP contribution in [0.3, 0.4) is 0 Å². The van der Waals surface area contributed by atoms with Crippen molar-refractivity contribution >= 4 is 21.2 Å². The number of hydrogen-bond donors (Lipinski definition) is 0. The molecule has 1 aromatic rings. The van der Waals surface area contributed by atoms with Gasteiger partial charge in [-0.25, -0.2) is 4.79 Å². The first-order valence-corrected chi connectivity index (χ1v) is 11.6. The van der Waals surface area contributed by atoms with Gasteiger partial charge in [-0.1, -0.05) is 18.2 Å². The quantitative estimate of drug-likeness (QED) is 0.414. The van der Waals surface area contributed by atoms with E-state index >= 15 is 0 Å². The number of ether oxygens (including phenoxy) is 1. The van der Waals surface area contributed by atoms with Crippen molar-refractivity contribution in [2.45, 2.75) is 32.8 Å². The summed E-state index contributed by atoms with van der Waals surface area (Å²) in [5, 5.41) is -2.31. The molecule has 0 N–H and O–H groups in total. The van der Waals surface area contributed by atoms with Gasteiger partial charge in [-0.2, -0.15) is 0 Å². The highest BCUT2D eigenvalue weighted by atomic mass is 31.2. The molecule has 0 spiro atoms. The number of cyclic esters (lactones) is 1. The van der Waals surface area contributed by atoms with Gasteiger partial charge in [0.2, 0.25) is 0 Å². The Morgan fingerprint density at radius 2 is 1.27 bits per heavy atom. The lowest BCUT2D eigenvalue weighted by molar-refractivity contribution is 0.0230. The van der Waals surface area contributed by atoms with Gasteiger partial charge >= 0.3 is 26.2 Å². The lowest BCUT2D eigenvalue weighted by Crippen LogP contribution is -2.31. The molecule has 0 saturated heterocycles. The van der Waals surface area contributed by atoms with E-state index in [1.807, 2.05) is 0 Å². The monoisotopic (exact) mass is 406 g/mol. The maximum absolute atomic E-state index is 13.8. The third-order valence-corrected chi connectivity index (χ3v) is 9.68. The van der Waals surface area contributed by atoms with Gasteiger partial charge in [0, 0.05) is 5.56 Å². The molecule has 26 heavy (non-hydrogen) atoms. The van der Waals surface area contributed by atoms with Gasteiger partial charge in [-0.15, -0.1) is 0 Å². The standard InChI is InChI=1S/C16H24O8P2/c1-5-20-25(18,21-6-2)16(26(19,22-7-3)23-8-4)14-12-10-9-11-13(14)15(17)24-16/h9-12H,5-8H2,1-4H3. The summed E-state index contributed by atoms with van der Waals surface area (Å²) < 4.78 is 54.8. The molecule has 1 aromatic carbocycles. The van der Waals surface area contributed by atoms with E-state index in [4.69, 9.17) is 22.8 Å². The SMILES string of the molecule is CCOP(=O)(OCC)C1(P(=O)(OCC)OCC)OC(=O)c2ccccc21. The Kier molecular flexibility index (Phi) is 6.83. The smallest absolute Gasteiger partial charge is 0.391 e. The summed E-state index contributed by atoms with van der Waals surface area (Å²) in [6.07, 6.45) is 0. The van der Waals surface area contributed by atoms with E-state index in [-0.39, 0.29) is 37.6 Å². The molecule has 0 bridgehead atoms. The number of rotatable bonds is 10. The van der Waals surface area contributed by atoms with Crippen LogP contribution in [0.15, 0.2) is 24.3 Å². The average molecular weight is 406 g/mol. The summed E-state index contributed by atoms with van der Waals surface area (Å²) in [7, 11) is -8.61. The Hall–Kier alpha value is -1.01. The van der Waals surface area contributed by atoms with E-state index < -0.39 is 26.2 Å². The molecule has 1 aliphatic rings.